The molecule has 2 aliphatic heterocycles. The largest absolute Gasteiger partial charge is 0.480 e. The van der Waals surface area contributed by atoms with Crippen molar-refractivity contribution in [2.24, 2.45) is 5.41 Å². The zero-order valence-corrected chi connectivity index (χ0v) is 30.1. The van der Waals surface area contributed by atoms with Crippen molar-refractivity contribution in [3.8, 4) is 5.88 Å². The zero-order valence-electron chi connectivity index (χ0n) is 29.4. The van der Waals surface area contributed by atoms with E-state index >= 15 is 0 Å². The van der Waals surface area contributed by atoms with E-state index in [1.165, 1.54) is 24.3 Å². The monoisotopic (exact) mass is 771 g/mol. The van der Waals surface area contributed by atoms with Crippen molar-refractivity contribution >= 4 is 46.5 Å². The molecule has 4 atom stereocenters. The van der Waals surface area contributed by atoms with Gasteiger partial charge in [0.05, 0.1) is 18.9 Å². The molecule has 3 aliphatic rings. The fraction of sp³-hybridized carbons (Fsp3) is 0.395. The summed E-state index contributed by atoms with van der Waals surface area (Å²) in [5.41, 5.74) is 8.19. The molecule has 3 unspecified atom stereocenters. The number of alkyl halides is 3. The molecule has 288 valence electrons. The highest BCUT2D eigenvalue weighted by molar-refractivity contribution is 6.30. The average Bonchev–Trinajstić information content (AvgIpc) is 3.51. The molecule has 54 heavy (non-hydrogen) atoms. The van der Waals surface area contributed by atoms with Gasteiger partial charge >= 0.3 is 18.1 Å². The number of aromatic nitrogens is 2. The van der Waals surface area contributed by atoms with Gasteiger partial charge in [0.25, 0.3) is 5.91 Å². The molecule has 1 spiro atoms. The Morgan fingerprint density at radius 3 is 2.48 bits per heavy atom. The predicted molar refractivity (Wildman–Crippen MR) is 195 cm³/mol. The minimum absolute atomic E-state index is 0.0570. The number of anilines is 1. The number of halogens is 4. The molecule has 16 heteroatoms. The van der Waals surface area contributed by atoms with Gasteiger partial charge in [-0.3, -0.25) is 14.4 Å². The van der Waals surface area contributed by atoms with Crippen LogP contribution in [0, 0.1) is 5.41 Å². The molecule has 12 nitrogen and oxygen atoms in total. The van der Waals surface area contributed by atoms with Crippen molar-refractivity contribution in [1.29, 1.82) is 0 Å². The van der Waals surface area contributed by atoms with E-state index in [9.17, 15) is 32.7 Å². The zero-order chi connectivity index (χ0) is 39.0. The molecule has 6 rings (SSSR count). The molecule has 0 saturated carbocycles. The van der Waals surface area contributed by atoms with Gasteiger partial charge in [-0.1, -0.05) is 54.9 Å². The lowest BCUT2D eigenvalue weighted by Gasteiger charge is -2.37. The SMILES string of the molecule is CCC1NC(C(=O)O)CC12CC=C(c1cc(O[C@H](c3ccc(Cl)cc3C3=CCCOC3)C(F)(F)F)nc(N)n1)CC2.O=C(O)CNC(=O)c1ccccc1. The number of hydrogen-bond donors (Lipinski definition) is 5. The Morgan fingerprint density at radius 2 is 1.87 bits per heavy atom. The molecule has 1 fully saturated rings. The minimum Gasteiger partial charge on any atom is -0.480 e. The second-order valence-corrected chi connectivity index (χ2v) is 13.7. The first kappa shape index (κ1) is 40.2. The Hall–Kier alpha value is -4.99. The molecule has 0 radical (unpaired) electrons. The highest BCUT2D eigenvalue weighted by Gasteiger charge is 2.49. The van der Waals surface area contributed by atoms with Gasteiger partial charge in [0, 0.05) is 28.3 Å². The van der Waals surface area contributed by atoms with E-state index in [0.29, 0.717) is 66.1 Å². The molecular formula is C38H41ClF3N5O7. The van der Waals surface area contributed by atoms with E-state index in [0.717, 1.165) is 12.0 Å². The van der Waals surface area contributed by atoms with Crippen LogP contribution < -0.4 is 21.1 Å². The van der Waals surface area contributed by atoms with Crippen molar-refractivity contribution in [3.05, 3.63) is 94.2 Å². The van der Waals surface area contributed by atoms with Gasteiger partial charge in [-0.2, -0.15) is 18.2 Å². The number of nitrogens with two attached hydrogens (primary N) is 1. The molecule has 6 N–H and O–H groups in total. The third-order valence-corrected chi connectivity index (χ3v) is 9.92. The summed E-state index contributed by atoms with van der Waals surface area (Å²) in [6, 6.07) is 13.5. The lowest BCUT2D eigenvalue weighted by Crippen LogP contribution is -2.39. The number of rotatable bonds is 10. The number of nitrogens with zero attached hydrogens (tertiary/aromatic N) is 2. The van der Waals surface area contributed by atoms with Gasteiger partial charge < -0.3 is 36.1 Å². The van der Waals surface area contributed by atoms with E-state index in [4.69, 9.17) is 31.9 Å². The summed E-state index contributed by atoms with van der Waals surface area (Å²) >= 11 is 6.16. The van der Waals surface area contributed by atoms with Crippen LogP contribution in [0.15, 0.2) is 66.7 Å². The standard InChI is InChI=1S/C29H32ClF3N4O4.C9H9NO3/c1-2-23-28(14-22(35-23)26(38)39)9-7-16(8-10-28)21-13-24(37-27(34)36-21)41-25(29(31,32)33)19-6-5-18(30)12-20(19)17-4-3-11-40-15-17;11-8(12)6-10-9(13)7-4-2-1-3-5-7/h4-7,12-13,22-23,25,35H,2-3,8-11,14-15H2,1H3,(H,38,39)(H2,34,36,37);1-5H,6H2,(H,10,13)(H,11,12)/t22?,23?,25-,28?;/m1./s1. The number of hydrogen-bond acceptors (Lipinski definition) is 9. The quantitative estimate of drug-likeness (QED) is 0.152. The fourth-order valence-corrected chi connectivity index (χ4v) is 7.28. The van der Waals surface area contributed by atoms with E-state index in [1.54, 1.807) is 30.3 Å². The first-order valence-electron chi connectivity index (χ1n) is 17.4. The molecule has 3 aromatic rings. The lowest BCUT2D eigenvalue weighted by molar-refractivity contribution is -0.198. The Morgan fingerprint density at radius 1 is 1.11 bits per heavy atom. The summed E-state index contributed by atoms with van der Waals surface area (Å²) < 4.78 is 54.5. The average molecular weight is 772 g/mol. The minimum atomic E-state index is -4.78. The number of nitrogen functional groups attached to an aromatic ring is 1. The van der Waals surface area contributed by atoms with Crippen LogP contribution in [0.3, 0.4) is 0 Å². The Labute approximate surface area is 314 Å². The molecule has 1 aromatic heterocycles. The molecule has 1 saturated heterocycles. The smallest absolute Gasteiger partial charge is 0.429 e. The molecule has 1 aliphatic carbocycles. The Kier molecular flexibility index (Phi) is 13.0. The fourth-order valence-electron chi connectivity index (χ4n) is 7.11. The maximum absolute atomic E-state index is 14.5. The molecule has 2 aromatic carbocycles. The number of allylic oxidation sites excluding steroid dienone is 2. The van der Waals surface area contributed by atoms with Crippen LogP contribution in [-0.4, -0.2) is 76.0 Å². The van der Waals surface area contributed by atoms with E-state index in [-0.39, 0.29) is 47.9 Å². The van der Waals surface area contributed by atoms with E-state index in [1.807, 2.05) is 19.1 Å². The van der Waals surface area contributed by atoms with E-state index in [2.05, 4.69) is 20.6 Å². The van der Waals surface area contributed by atoms with E-state index < -0.39 is 30.3 Å². The maximum atomic E-state index is 14.5. The second-order valence-electron chi connectivity index (χ2n) is 13.3. The van der Waals surface area contributed by atoms with Crippen LogP contribution in [0.2, 0.25) is 5.02 Å². The van der Waals surface area contributed by atoms with Gasteiger partial charge in [-0.05, 0) is 84.9 Å². The van der Waals surface area contributed by atoms with Crippen molar-refractivity contribution in [1.82, 2.24) is 20.6 Å². The maximum Gasteiger partial charge on any atom is 0.429 e. The van der Waals surface area contributed by atoms with Gasteiger partial charge in [0.15, 0.2) is 0 Å². The normalized spacial score (nSPS) is 21.6. The second kappa shape index (κ2) is 17.4. The highest BCUT2D eigenvalue weighted by Crippen LogP contribution is 2.49. The number of carboxylic acids is 2. The summed E-state index contributed by atoms with van der Waals surface area (Å²) in [4.78, 5) is 41.2. The summed E-state index contributed by atoms with van der Waals surface area (Å²) in [5.74, 6) is -2.80. The molecule has 0 bridgehead atoms. The third-order valence-electron chi connectivity index (χ3n) is 9.68. The van der Waals surface area contributed by atoms with Gasteiger partial charge in [-0.15, -0.1) is 0 Å². The molecular weight excluding hydrogens is 731 g/mol. The van der Waals surface area contributed by atoms with Crippen LogP contribution in [0.1, 0.15) is 78.7 Å². The summed E-state index contributed by atoms with van der Waals surface area (Å²) in [7, 11) is 0. The number of carboxylic acid groups (broad SMARTS) is 2. The van der Waals surface area contributed by atoms with Crippen LogP contribution in [0.5, 0.6) is 5.88 Å². The molecule has 3 heterocycles. The predicted octanol–water partition coefficient (Wildman–Crippen LogP) is 6.48. The van der Waals surface area contributed by atoms with Crippen molar-refractivity contribution in [2.75, 3.05) is 25.5 Å². The highest BCUT2D eigenvalue weighted by atomic mass is 35.5. The van der Waals surface area contributed by atoms with Gasteiger partial charge in [0.1, 0.15) is 12.6 Å². The van der Waals surface area contributed by atoms with Gasteiger partial charge in [0.2, 0.25) is 17.9 Å². The Balaban J connectivity index is 0.000000365. The van der Waals surface area contributed by atoms with Crippen LogP contribution in [0.25, 0.3) is 11.1 Å². The first-order chi connectivity index (χ1) is 25.7. The van der Waals surface area contributed by atoms with Crippen LogP contribution in [0.4, 0.5) is 19.1 Å². The number of amides is 1. The lowest BCUT2D eigenvalue weighted by atomic mass is 9.68. The van der Waals surface area contributed by atoms with Crippen molar-refractivity contribution in [2.45, 2.75) is 69.8 Å². The summed E-state index contributed by atoms with van der Waals surface area (Å²) in [6.45, 7) is 2.33. The summed E-state index contributed by atoms with van der Waals surface area (Å²) in [6.07, 6.45) is 0.494. The summed E-state index contributed by atoms with van der Waals surface area (Å²) in [5, 5.41) is 23.6. The number of benzene rings is 2. The molecule has 1 amide bonds. The topological polar surface area (TPSA) is 186 Å². The van der Waals surface area contributed by atoms with Gasteiger partial charge in [-0.25, -0.2) is 4.98 Å². The number of nitrogens with one attached hydrogen (secondary N) is 2. The number of carbonyl (C=O) groups excluding carboxylic acids is 1. The van der Waals surface area contributed by atoms with Crippen molar-refractivity contribution < 1.29 is 47.2 Å². The number of carbonyl (C=O) groups is 3. The number of ether oxygens (including phenoxy) is 2. The third kappa shape index (κ3) is 9.95. The van der Waals surface area contributed by atoms with Crippen molar-refractivity contribution in [3.63, 3.8) is 0 Å². The number of aliphatic carboxylic acids is 2. The van der Waals surface area contributed by atoms with Crippen LogP contribution in [-0.2, 0) is 14.3 Å². The first-order valence-corrected chi connectivity index (χ1v) is 17.7. The van der Waals surface area contributed by atoms with Crippen LogP contribution >= 0.6 is 11.6 Å². The Bertz CT molecular complexity index is 1910.